The van der Waals surface area contributed by atoms with Crippen molar-refractivity contribution >= 4 is 0 Å². The first-order valence-corrected chi connectivity index (χ1v) is 4.68. The lowest BCUT2D eigenvalue weighted by molar-refractivity contribution is 0.152. The van der Waals surface area contributed by atoms with E-state index in [4.69, 9.17) is 5.73 Å². The van der Waals surface area contributed by atoms with E-state index in [0.717, 1.165) is 12.6 Å². The Bertz CT molecular complexity index is 165. The van der Waals surface area contributed by atoms with E-state index in [0.29, 0.717) is 6.04 Å². The average Bonchev–Trinajstić information content (AvgIpc) is 1.94. The zero-order valence-electron chi connectivity index (χ0n) is 8.38. The van der Waals surface area contributed by atoms with Gasteiger partial charge in [-0.3, -0.25) is 4.90 Å². The fourth-order valence-electron chi connectivity index (χ4n) is 1.47. The lowest BCUT2D eigenvalue weighted by Crippen LogP contribution is -2.49. The highest BCUT2D eigenvalue weighted by atomic mass is 15.1. The molecular weight excluding hydrogens is 148 g/mol. The Balaban J connectivity index is 2.21. The molecule has 0 aromatic rings. The van der Waals surface area contributed by atoms with Crippen LogP contribution in [0, 0.1) is 0 Å². The van der Waals surface area contributed by atoms with Crippen LogP contribution in [0.25, 0.3) is 0 Å². The molecule has 2 N–H and O–H groups in total. The Morgan fingerprint density at radius 3 is 2.50 bits per heavy atom. The molecular formula is C10H20N2. The predicted octanol–water partition coefficient (Wildman–Crippen LogP) is 1.37. The van der Waals surface area contributed by atoms with E-state index in [1.165, 1.54) is 18.4 Å². The molecule has 2 heteroatoms. The van der Waals surface area contributed by atoms with E-state index in [1.807, 2.05) is 0 Å². The molecule has 2 nitrogen and oxygen atoms in total. The van der Waals surface area contributed by atoms with Gasteiger partial charge in [-0.05, 0) is 33.7 Å². The largest absolute Gasteiger partial charge is 0.328 e. The molecule has 1 aliphatic carbocycles. The van der Waals surface area contributed by atoms with Gasteiger partial charge >= 0.3 is 0 Å². The van der Waals surface area contributed by atoms with Crippen LogP contribution in [-0.2, 0) is 0 Å². The van der Waals surface area contributed by atoms with Crippen molar-refractivity contribution in [2.24, 2.45) is 5.73 Å². The van der Waals surface area contributed by atoms with Crippen molar-refractivity contribution in [3.05, 3.63) is 11.6 Å². The molecule has 1 rings (SSSR count). The normalized spacial score (nSPS) is 28.4. The minimum absolute atomic E-state index is 0.462. The standard InChI is InChI=1S/C10H20N2/c1-8(2)4-5-12(3)10-6-9(11)7-10/h4,9-10H,5-7,11H2,1-3H3. The molecule has 0 atom stereocenters. The summed E-state index contributed by atoms with van der Waals surface area (Å²) in [5.74, 6) is 0. The van der Waals surface area contributed by atoms with E-state index in [-0.39, 0.29) is 0 Å². The monoisotopic (exact) mass is 168 g/mol. The van der Waals surface area contributed by atoms with Crippen LogP contribution in [0.4, 0.5) is 0 Å². The molecule has 1 fully saturated rings. The van der Waals surface area contributed by atoms with Gasteiger partial charge in [-0.2, -0.15) is 0 Å². The zero-order valence-corrected chi connectivity index (χ0v) is 8.38. The summed E-state index contributed by atoms with van der Waals surface area (Å²) in [7, 11) is 2.18. The van der Waals surface area contributed by atoms with Crippen LogP contribution in [0.1, 0.15) is 26.7 Å². The molecule has 0 radical (unpaired) electrons. The lowest BCUT2D eigenvalue weighted by Gasteiger charge is -2.39. The average molecular weight is 168 g/mol. The van der Waals surface area contributed by atoms with Gasteiger partial charge < -0.3 is 5.73 Å². The maximum atomic E-state index is 5.72. The maximum absolute atomic E-state index is 5.72. The fourth-order valence-corrected chi connectivity index (χ4v) is 1.47. The quantitative estimate of drug-likeness (QED) is 0.645. The number of nitrogens with two attached hydrogens (primary N) is 1. The molecule has 1 saturated carbocycles. The summed E-state index contributed by atoms with van der Waals surface area (Å²) in [4.78, 5) is 2.39. The van der Waals surface area contributed by atoms with Crippen molar-refractivity contribution in [3.8, 4) is 0 Å². The van der Waals surface area contributed by atoms with E-state index < -0.39 is 0 Å². The van der Waals surface area contributed by atoms with Gasteiger partial charge in [0.2, 0.25) is 0 Å². The van der Waals surface area contributed by atoms with Crippen LogP contribution in [0.5, 0.6) is 0 Å². The van der Waals surface area contributed by atoms with Crippen LogP contribution in [-0.4, -0.2) is 30.6 Å². The molecule has 0 bridgehead atoms. The van der Waals surface area contributed by atoms with E-state index in [9.17, 15) is 0 Å². The van der Waals surface area contributed by atoms with Gasteiger partial charge in [-0.15, -0.1) is 0 Å². The number of nitrogens with zero attached hydrogens (tertiary/aromatic N) is 1. The fraction of sp³-hybridized carbons (Fsp3) is 0.800. The van der Waals surface area contributed by atoms with Gasteiger partial charge in [0.1, 0.15) is 0 Å². The van der Waals surface area contributed by atoms with E-state index >= 15 is 0 Å². The Hall–Kier alpha value is -0.340. The van der Waals surface area contributed by atoms with Crippen molar-refractivity contribution in [3.63, 3.8) is 0 Å². The summed E-state index contributed by atoms with van der Waals surface area (Å²) >= 11 is 0. The number of hydrogen-bond acceptors (Lipinski definition) is 2. The summed E-state index contributed by atoms with van der Waals surface area (Å²) in [6, 6.07) is 1.19. The van der Waals surface area contributed by atoms with Crippen molar-refractivity contribution in [2.75, 3.05) is 13.6 Å². The maximum Gasteiger partial charge on any atom is 0.0165 e. The molecule has 0 spiro atoms. The third-order valence-corrected chi connectivity index (χ3v) is 2.56. The first-order valence-electron chi connectivity index (χ1n) is 4.68. The lowest BCUT2D eigenvalue weighted by atomic mass is 9.86. The molecule has 0 aromatic carbocycles. The highest BCUT2D eigenvalue weighted by molar-refractivity contribution is 4.97. The summed E-state index contributed by atoms with van der Waals surface area (Å²) in [6.45, 7) is 5.35. The van der Waals surface area contributed by atoms with Crippen LogP contribution in [0.2, 0.25) is 0 Å². The van der Waals surface area contributed by atoms with Crippen molar-refractivity contribution < 1.29 is 0 Å². The minimum Gasteiger partial charge on any atom is -0.328 e. The number of hydrogen-bond donors (Lipinski definition) is 1. The second kappa shape index (κ2) is 4.06. The Kier molecular flexibility index (Phi) is 3.29. The highest BCUT2D eigenvalue weighted by Gasteiger charge is 2.28. The van der Waals surface area contributed by atoms with Crippen molar-refractivity contribution in [1.82, 2.24) is 4.90 Å². The third-order valence-electron chi connectivity index (χ3n) is 2.56. The summed E-state index contributed by atoms with van der Waals surface area (Å²) < 4.78 is 0. The van der Waals surface area contributed by atoms with Crippen molar-refractivity contribution in [2.45, 2.75) is 38.8 Å². The molecule has 0 amide bonds. The summed E-state index contributed by atoms with van der Waals surface area (Å²) in [6.07, 6.45) is 4.62. The zero-order chi connectivity index (χ0) is 9.14. The van der Waals surface area contributed by atoms with E-state index in [1.54, 1.807) is 0 Å². The van der Waals surface area contributed by atoms with Gasteiger partial charge in [0.15, 0.2) is 0 Å². The molecule has 70 valence electrons. The highest BCUT2D eigenvalue weighted by Crippen LogP contribution is 2.22. The predicted molar refractivity (Wildman–Crippen MR) is 53.1 cm³/mol. The molecule has 12 heavy (non-hydrogen) atoms. The first kappa shape index (κ1) is 9.75. The molecule has 1 aliphatic rings. The van der Waals surface area contributed by atoms with Crippen molar-refractivity contribution in [1.29, 1.82) is 0 Å². The van der Waals surface area contributed by atoms with Crippen LogP contribution in [0.3, 0.4) is 0 Å². The smallest absolute Gasteiger partial charge is 0.0165 e. The Morgan fingerprint density at radius 2 is 2.08 bits per heavy atom. The number of allylic oxidation sites excluding steroid dienone is 1. The second-order valence-corrected chi connectivity index (χ2v) is 4.11. The summed E-state index contributed by atoms with van der Waals surface area (Å²) in [5, 5.41) is 0. The summed E-state index contributed by atoms with van der Waals surface area (Å²) in [5.41, 5.74) is 7.11. The van der Waals surface area contributed by atoms with Gasteiger partial charge in [-0.1, -0.05) is 11.6 Å². The topological polar surface area (TPSA) is 29.3 Å². The molecule has 0 heterocycles. The van der Waals surface area contributed by atoms with Crippen LogP contribution in [0.15, 0.2) is 11.6 Å². The molecule has 0 saturated heterocycles. The van der Waals surface area contributed by atoms with Crippen LogP contribution >= 0.6 is 0 Å². The first-order chi connectivity index (χ1) is 5.59. The Labute approximate surface area is 75.4 Å². The minimum atomic E-state index is 0.462. The number of likely N-dealkylation sites (N-methyl/N-ethyl adjacent to an activating group) is 1. The van der Waals surface area contributed by atoms with Gasteiger partial charge in [-0.25, -0.2) is 0 Å². The van der Waals surface area contributed by atoms with Gasteiger partial charge in [0.05, 0.1) is 0 Å². The van der Waals surface area contributed by atoms with Crippen LogP contribution < -0.4 is 5.73 Å². The molecule has 0 aliphatic heterocycles. The number of rotatable bonds is 3. The van der Waals surface area contributed by atoms with E-state index in [2.05, 4.69) is 31.9 Å². The SMILES string of the molecule is CC(C)=CCN(C)C1CC(N)C1. The Morgan fingerprint density at radius 1 is 1.50 bits per heavy atom. The molecule has 0 unspecified atom stereocenters. The second-order valence-electron chi connectivity index (χ2n) is 4.11. The third kappa shape index (κ3) is 2.61. The van der Waals surface area contributed by atoms with Gasteiger partial charge in [0, 0.05) is 18.6 Å². The molecule has 0 aromatic heterocycles. The van der Waals surface area contributed by atoms with Gasteiger partial charge in [0.25, 0.3) is 0 Å².